The molecule has 3 heterocycles. The average molecular weight is 343 g/mol. The summed E-state index contributed by atoms with van der Waals surface area (Å²) in [6.07, 6.45) is 2.94. The van der Waals surface area contributed by atoms with Crippen LogP contribution >= 0.6 is 11.3 Å². The van der Waals surface area contributed by atoms with Crippen LogP contribution in [0.15, 0.2) is 28.4 Å². The van der Waals surface area contributed by atoms with Gasteiger partial charge in [0.1, 0.15) is 5.82 Å². The first-order valence-electron chi connectivity index (χ1n) is 8.56. The molecule has 6 heteroatoms. The minimum atomic E-state index is -0.123. The molecule has 0 spiro atoms. The summed E-state index contributed by atoms with van der Waals surface area (Å²) >= 11 is 1.58. The SMILES string of the molecule is CC1CC1C(=O)N1CCCC(c2nc(-c3cccs3)cc(=O)[nH]2)C1. The molecule has 0 aromatic carbocycles. The van der Waals surface area contributed by atoms with Crippen molar-refractivity contribution < 1.29 is 4.79 Å². The van der Waals surface area contributed by atoms with Crippen molar-refractivity contribution in [3.63, 3.8) is 0 Å². The highest BCUT2D eigenvalue weighted by atomic mass is 32.1. The van der Waals surface area contributed by atoms with Crippen LogP contribution in [-0.2, 0) is 4.79 Å². The highest BCUT2D eigenvalue weighted by Gasteiger charge is 2.42. The van der Waals surface area contributed by atoms with Crippen LogP contribution in [0.1, 0.15) is 37.9 Å². The molecule has 0 radical (unpaired) electrons. The Hall–Kier alpha value is -1.95. The molecular weight excluding hydrogens is 322 g/mol. The number of hydrogen-bond donors (Lipinski definition) is 1. The standard InChI is InChI=1S/C18H21N3O2S/c1-11-8-13(11)18(23)21-6-2-4-12(10-21)17-19-14(9-16(22)20-17)15-5-3-7-24-15/h3,5,7,9,11-13H,2,4,6,8,10H2,1H3,(H,19,20,22). The maximum atomic E-state index is 12.5. The number of aromatic nitrogens is 2. The summed E-state index contributed by atoms with van der Waals surface area (Å²) in [5.41, 5.74) is 0.602. The predicted octanol–water partition coefficient (Wildman–Crippen LogP) is 2.86. The molecule has 2 aromatic heterocycles. The van der Waals surface area contributed by atoms with Crippen molar-refractivity contribution in [1.29, 1.82) is 0 Å². The Kier molecular flexibility index (Phi) is 4.00. The van der Waals surface area contributed by atoms with E-state index in [1.165, 1.54) is 0 Å². The van der Waals surface area contributed by atoms with Crippen LogP contribution in [0.3, 0.4) is 0 Å². The Balaban J connectivity index is 1.57. The van der Waals surface area contributed by atoms with Crippen molar-refractivity contribution in [2.75, 3.05) is 13.1 Å². The van der Waals surface area contributed by atoms with E-state index in [1.807, 2.05) is 22.4 Å². The smallest absolute Gasteiger partial charge is 0.251 e. The molecule has 24 heavy (non-hydrogen) atoms. The quantitative estimate of drug-likeness (QED) is 0.932. The molecule has 1 amide bonds. The van der Waals surface area contributed by atoms with E-state index < -0.39 is 0 Å². The highest BCUT2D eigenvalue weighted by Crippen LogP contribution is 2.40. The van der Waals surface area contributed by atoms with Gasteiger partial charge >= 0.3 is 0 Å². The van der Waals surface area contributed by atoms with E-state index in [9.17, 15) is 9.59 Å². The summed E-state index contributed by atoms with van der Waals surface area (Å²) in [5, 5.41) is 1.98. The van der Waals surface area contributed by atoms with Crippen molar-refractivity contribution in [3.05, 3.63) is 39.8 Å². The number of H-pyrrole nitrogens is 1. The molecule has 3 atom stereocenters. The van der Waals surface area contributed by atoms with Crippen LogP contribution in [0.4, 0.5) is 0 Å². The fraction of sp³-hybridized carbons (Fsp3) is 0.500. The van der Waals surface area contributed by atoms with Gasteiger partial charge in [-0.25, -0.2) is 4.98 Å². The molecular formula is C18H21N3O2S. The molecule has 1 aliphatic carbocycles. The fourth-order valence-corrected chi connectivity index (χ4v) is 4.21. The zero-order chi connectivity index (χ0) is 16.7. The van der Waals surface area contributed by atoms with Gasteiger partial charge in [-0.15, -0.1) is 11.3 Å². The fourth-order valence-electron chi connectivity index (χ4n) is 3.52. The lowest BCUT2D eigenvalue weighted by Gasteiger charge is -2.32. The molecule has 2 aliphatic rings. The molecule has 1 N–H and O–H groups in total. The van der Waals surface area contributed by atoms with Gasteiger partial charge in [0.15, 0.2) is 0 Å². The van der Waals surface area contributed by atoms with Crippen molar-refractivity contribution in [2.45, 2.75) is 32.1 Å². The van der Waals surface area contributed by atoms with Gasteiger partial charge in [0, 0.05) is 31.0 Å². The maximum Gasteiger partial charge on any atom is 0.251 e. The summed E-state index contributed by atoms with van der Waals surface area (Å²) in [5.74, 6) is 1.85. The van der Waals surface area contributed by atoms with Crippen molar-refractivity contribution >= 4 is 17.2 Å². The second kappa shape index (κ2) is 6.16. The minimum absolute atomic E-state index is 0.115. The molecule has 0 bridgehead atoms. The van der Waals surface area contributed by atoms with Crippen LogP contribution < -0.4 is 5.56 Å². The monoisotopic (exact) mass is 343 g/mol. The number of likely N-dealkylation sites (tertiary alicyclic amines) is 1. The van der Waals surface area contributed by atoms with E-state index in [2.05, 4.69) is 16.9 Å². The normalized spacial score (nSPS) is 26.4. The van der Waals surface area contributed by atoms with Gasteiger partial charge in [-0.2, -0.15) is 0 Å². The molecule has 3 unspecified atom stereocenters. The molecule has 1 saturated carbocycles. The number of carbonyl (C=O) groups excluding carboxylic acids is 1. The van der Waals surface area contributed by atoms with Crippen LogP contribution in [0.25, 0.3) is 10.6 Å². The van der Waals surface area contributed by atoms with Crippen LogP contribution in [0, 0.1) is 11.8 Å². The van der Waals surface area contributed by atoms with Gasteiger partial charge in [-0.1, -0.05) is 13.0 Å². The lowest BCUT2D eigenvalue weighted by molar-refractivity contribution is -0.134. The van der Waals surface area contributed by atoms with Gasteiger partial charge in [0.25, 0.3) is 5.56 Å². The Morgan fingerprint density at radius 2 is 2.29 bits per heavy atom. The van der Waals surface area contributed by atoms with E-state index in [4.69, 9.17) is 0 Å². The Morgan fingerprint density at radius 1 is 1.46 bits per heavy atom. The number of thiophene rings is 1. The second-order valence-corrected chi connectivity index (χ2v) is 7.88. The van der Waals surface area contributed by atoms with Gasteiger partial charge in [0.05, 0.1) is 10.6 Å². The van der Waals surface area contributed by atoms with Crippen LogP contribution in [0.2, 0.25) is 0 Å². The number of aromatic amines is 1. The average Bonchev–Trinajstić information content (AvgIpc) is 3.09. The first-order chi connectivity index (χ1) is 11.6. The first kappa shape index (κ1) is 15.6. The summed E-state index contributed by atoms with van der Waals surface area (Å²) in [4.78, 5) is 35.1. The number of hydrogen-bond acceptors (Lipinski definition) is 4. The van der Waals surface area contributed by atoms with Crippen molar-refractivity contribution in [1.82, 2.24) is 14.9 Å². The summed E-state index contributed by atoms with van der Waals surface area (Å²) < 4.78 is 0. The van der Waals surface area contributed by atoms with Gasteiger partial charge in [-0.3, -0.25) is 9.59 Å². The van der Waals surface area contributed by atoms with Crippen molar-refractivity contribution in [3.8, 4) is 10.6 Å². The summed E-state index contributed by atoms with van der Waals surface area (Å²) in [7, 11) is 0. The summed E-state index contributed by atoms with van der Waals surface area (Å²) in [6, 6.07) is 5.48. The third kappa shape index (κ3) is 3.02. The highest BCUT2D eigenvalue weighted by molar-refractivity contribution is 7.13. The van der Waals surface area contributed by atoms with E-state index in [1.54, 1.807) is 17.4 Å². The van der Waals surface area contributed by atoms with E-state index in [-0.39, 0.29) is 23.3 Å². The lowest BCUT2D eigenvalue weighted by atomic mass is 9.96. The van der Waals surface area contributed by atoms with E-state index >= 15 is 0 Å². The zero-order valence-corrected chi connectivity index (χ0v) is 14.5. The molecule has 5 nitrogen and oxygen atoms in total. The van der Waals surface area contributed by atoms with Crippen LogP contribution in [-0.4, -0.2) is 33.9 Å². The zero-order valence-electron chi connectivity index (χ0n) is 13.7. The van der Waals surface area contributed by atoms with Gasteiger partial charge in [0.2, 0.25) is 5.91 Å². The Bertz CT molecular complexity index is 799. The number of rotatable bonds is 3. The molecule has 1 aliphatic heterocycles. The predicted molar refractivity (Wildman–Crippen MR) is 94.0 cm³/mol. The topological polar surface area (TPSA) is 66.1 Å². The number of nitrogens with one attached hydrogen (secondary N) is 1. The van der Waals surface area contributed by atoms with E-state index in [0.29, 0.717) is 18.3 Å². The minimum Gasteiger partial charge on any atom is -0.342 e. The first-order valence-corrected chi connectivity index (χ1v) is 9.43. The summed E-state index contributed by atoms with van der Waals surface area (Å²) in [6.45, 7) is 3.62. The number of piperidine rings is 1. The van der Waals surface area contributed by atoms with Gasteiger partial charge in [-0.05, 0) is 36.6 Å². The Morgan fingerprint density at radius 3 is 3.00 bits per heavy atom. The Labute approximate surface area is 144 Å². The molecule has 126 valence electrons. The third-order valence-electron chi connectivity index (χ3n) is 5.08. The van der Waals surface area contributed by atoms with Gasteiger partial charge < -0.3 is 9.88 Å². The molecule has 1 saturated heterocycles. The second-order valence-electron chi connectivity index (χ2n) is 6.94. The lowest BCUT2D eigenvalue weighted by Crippen LogP contribution is -2.40. The van der Waals surface area contributed by atoms with Crippen molar-refractivity contribution in [2.24, 2.45) is 11.8 Å². The molecule has 4 rings (SSSR count). The molecule has 2 fully saturated rings. The molecule has 2 aromatic rings. The number of carbonyl (C=O) groups is 1. The third-order valence-corrected chi connectivity index (χ3v) is 5.97. The number of nitrogens with zero attached hydrogens (tertiary/aromatic N) is 2. The largest absolute Gasteiger partial charge is 0.342 e. The maximum absolute atomic E-state index is 12.5. The number of amides is 1. The van der Waals surface area contributed by atoms with Crippen LogP contribution in [0.5, 0.6) is 0 Å². The van der Waals surface area contributed by atoms with E-state index in [0.717, 1.165) is 36.4 Å².